The number of hydrogen-bond acceptors (Lipinski definition) is 4. The summed E-state index contributed by atoms with van der Waals surface area (Å²) in [4.78, 5) is 0. The van der Waals surface area contributed by atoms with Gasteiger partial charge in [-0.1, -0.05) is 6.07 Å². The van der Waals surface area contributed by atoms with E-state index in [2.05, 4.69) is 0 Å². The van der Waals surface area contributed by atoms with Gasteiger partial charge in [-0.25, -0.2) is 0 Å². The Kier molecular flexibility index (Phi) is 5.08. The first-order valence-electron chi connectivity index (χ1n) is 5.28. The highest BCUT2D eigenvalue weighted by Crippen LogP contribution is 2.27. The molecular formula is C12H19NO3. The van der Waals surface area contributed by atoms with E-state index in [0.29, 0.717) is 0 Å². The van der Waals surface area contributed by atoms with Crippen LogP contribution in [0.1, 0.15) is 12.0 Å². The molecule has 1 aromatic rings. The molecule has 0 spiro atoms. The van der Waals surface area contributed by atoms with Crippen molar-refractivity contribution in [3.05, 3.63) is 23.8 Å². The minimum absolute atomic E-state index is 0.0211. The minimum atomic E-state index is -0.159. The van der Waals surface area contributed by atoms with Gasteiger partial charge in [-0.15, -0.1) is 0 Å². The van der Waals surface area contributed by atoms with Gasteiger partial charge in [-0.2, -0.15) is 0 Å². The maximum atomic E-state index is 8.83. The van der Waals surface area contributed by atoms with Gasteiger partial charge >= 0.3 is 0 Å². The van der Waals surface area contributed by atoms with Gasteiger partial charge in [0.25, 0.3) is 0 Å². The maximum Gasteiger partial charge on any atom is 0.160 e. The Morgan fingerprint density at radius 2 is 1.94 bits per heavy atom. The predicted molar refractivity (Wildman–Crippen MR) is 62.9 cm³/mol. The van der Waals surface area contributed by atoms with Crippen molar-refractivity contribution < 1.29 is 14.6 Å². The van der Waals surface area contributed by atoms with Gasteiger partial charge in [-0.05, 0) is 30.5 Å². The molecule has 0 radical (unpaired) electrons. The summed E-state index contributed by atoms with van der Waals surface area (Å²) < 4.78 is 10.4. The molecule has 0 aliphatic carbocycles. The Hall–Kier alpha value is -1.26. The molecule has 4 heteroatoms. The maximum absolute atomic E-state index is 8.83. The first kappa shape index (κ1) is 12.8. The first-order chi connectivity index (χ1) is 7.71. The number of rotatable bonds is 6. The molecule has 16 heavy (non-hydrogen) atoms. The zero-order valence-electron chi connectivity index (χ0n) is 9.77. The fourth-order valence-electron chi connectivity index (χ4n) is 1.48. The monoisotopic (exact) mass is 225 g/mol. The highest BCUT2D eigenvalue weighted by Gasteiger charge is 2.06. The molecule has 0 aliphatic rings. The fourth-order valence-corrected chi connectivity index (χ4v) is 1.48. The Balaban J connectivity index is 2.67. The number of ether oxygens (including phenoxy) is 2. The van der Waals surface area contributed by atoms with Crippen LogP contribution in [0.15, 0.2) is 18.2 Å². The summed E-state index contributed by atoms with van der Waals surface area (Å²) in [7, 11) is 3.22. The smallest absolute Gasteiger partial charge is 0.160 e. The minimum Gasteiger partial charge on any atom is -0.493 e. The van der Waals surface area contributed by atoms with Crippen LogP contribution in [-0.4, -0.2) is 32.0 Å². The molecule has 1 aromatic carbocycles. The number of aryl methyl sites for hydroxylation is 1. The van der Waals surface area contributed by atoms with Crippen LogP contribution < -0.4 is 15.2 Å². The highest BCUT2D eigenvalue weighted by atomic mass is 16.5. The van der Waals surface area contributed by atoms with E-state index in [1.165, 1.54) is 0 Å². The topological polar surface area (TPSA) is 64.7 Å². The Bertz CT molecular complexity index is 328. The summed E-state index contributed by atoms with van der Waals surface area (Å²) in [6.45, 7) is 0.0211. The third-order valence-electron chi connectivity index (χ3n) is 2.49. The van der Waals surface area contributed by atoms with E-state index in [1.54, 1.807) is 14.2 Å². The summed E-state index contributed by atoms with van der Waals surface area (Å²) >= 11 is 0. The SMILES string of the molecule is COc1ccc(CCC(N)CO)cc1OC. The number of aliphatic hydroxyl groups excluding tert-OH is 1. The second-order valence-electron chi connectivity index (χ2n) is 3.67. The summed E-state index contributed by atoms with van der Waals surface area (Å²) in [6, 6.07) is 5.63. The summed E-state index contributed by atoms with van der Waals surface area (Å²) in [6.07, 6.45) is 1.58. The molecule has 0 heterocycles. The van der Waals surface area contributed by atoms with Crippen molar-refractivity contribution in [1.29, 1.82) is 0 Å². The standard InChI is InChI=1S/C12H19NO3/c1-15-11-6-4-9(7-12(11)16-2)3-5-10(13)8-14/h4,6-7,10,14H,3,5,8,13H2,1-2H3. The lowest BCUT2D eigenvalue weighted by molar-refractivity contribution is 0.260. The zero-order valence-corrected chi connectivity index (χ0v) is 9.77. The molecule has 0 saturated heterocycles. The number of benzene rings is 1. The zero-order chi connectivity index (χ0) is 12.0. The van der Waals surface area contributed by atoms with E-state index in [4.69, 9.17) is 20.3 Å². The van der Waals surface area contributed by atoms with E-state index >= 15 is 0 Å². The highest BCUT2D eigenvalue weighted by molar-refractivity contribution is 5.42. The molecule has 0 amide bonds. The summed E-state index contributed by atoms with van der Waals surface area (Å²) in [5, 5.41) is 8.83. The second-order valence-corrected chi connectivity index (χ2v) is 3.67. The Morgan fingerprint density at radius 1 is 1.25 bits per heavy atom. The Morgan fingerprint density at radius 3 is 2.50 bits per heavy atom. The quantitative estimate of drug-likeness (QED) is 0.756. The van der Waals surface area contributed by atoms with Gasteiger partial charge in [0, 0.05) is 6.04 Å². The second kappa shape index (κ2) is 6.35. The number of nitrogens with two attached hydrogens (primary N) is 1. The molecule has 4 nitrogen and oxygen atoms in total. The molecule has 0 aliphatic heterocycles. The van der Waals surface area contributed by atoms with Crippen molar-refractivity contribution in [2.24, 2.45) is 5.73 Å². The van der Waals surface area contributed by atoms with Crippen molar-refractivity contribution >= 4 is 0 Å². The molecule has 1 rings (SSSR count). The van der Waals surface area contributed by atoms with Crippen LogP contribution in [0.2, 0.25) is 0 Å². The fraction of sp³-hybridized carbons (Fsp3) is 0.500. The molecule has 3 N–H and O–H groups in total. The first-order valence-corrected chi connectivity index (χ1v) is 5.28. The molecule has 0 saturated carbocycles. The lowest BCUT2D eigenvalue weighted by Crippen LogP contribution is -2.24. The van der Waals surface area contributed by atoms with Gasteiger partial charge in [0.15, 0.2) is 11.5 Å². The number of aliphatic hydroxyl groups is 1. The van der Waals surface area contributed by atoms with E-state index in [9.17, 15) is 0 Å². The number of hydrogen-bond donors (Lipinski definition) is 2. The lowest BCUT2D eigenvalue weighted by atomic mass is 10.1. The normalized spacial score (nSPS) is 12.2. The van der Waals surface area contributed by atoms with Crippen LogP contribution >= 0.6 is 0 Å². The Labute approximate surface area is 96.0 Å². The van der Waals surface area contributed by atoms with Crippen molar-refractivity contribution in [2.45, 2.75) is 18.9 Å². The average molecular weight is 225 g/mol. The van der Waals surface area contributed by atoms with Crippen molar-refractivity contribution in [3.8, 4) is 11.5 Å². The molecule has 1 atom stereocenters. The van der Waals surface area contributed by atoms with Gasteiger partial charge in [0.2, 0.25) is 0 Å². The van der Waals surface area contributed by atoms with Crippen molar-refractivity contribution in [2.75, 3.05) is 20.8 Å². The average Bonchev–Trinajstić information content (AvgIpc) is 2.35. The van der Waals surface area contributed by atoms with Crippen molar-refractivity contribution in [1.82, 2.24) is 0 Å². The van der Waals surface area contributed by atoms with Crippen LogP contribution in [0.3, 0.4) is 0 Å². The van der Waals surface area contributed by atoms with Gasteiger partial charge in [0.05, 0.1) is 20.8 Å². The van der Waals surface area contributed by atoms with Crippen LogP contribution in [0, 0.1) is 0 Å². The van der Waals surface area contributed by atoms with E-state index < -0.39 is 0 Å². The lowest BCUT2D eigenvalue weighted by Gasteiger charge is -2.11. The number of methoxy groups -OCH3 is 2. The van der Waals surface area contributed by atoms with Gasteiger partial charge in [0.1, 0.15) is 0 Å². The van der Waals surface area contributed by atoms with E-state index in [0.717, 1.165) is 29.9 Å². The predicted octanol–water partition coefficient (Wildman–Crippen LogP) is 0.956. The largest absolute Gasteiger partial charge is 0.493 e. The molecular weight excluding hydrogens is 206 g/mol. The van der Waals surface area contributed by atoms with Crippen LogP contribution in [0.4, 0.5) is 0 Å². The third kappa shape index (κ3) is 3.40. The molecule has 1 unspecified atom stereocenters. The summed E-state index contributed by atoms with van der Waals surface area (Å²) in [5.74, 6) is 1.44. The van der Waals surface area contributed by atoms with Gasteiger partial charge in [-0.3, -0.25) is 0 Å². The molecule has 0 aromatic heterocycles. The van der Waals surface area contributed by atoms with Gasteiger partial charge < -0.3 is 20.3 Å². The third-order valence-corrected chi connectivity index (χ3v) is 2.49. The van der Waals surface area contributed by atoms with E-state index in [-0.39, 0.29) is 12.6 Å². The van der Waals surface area contributed by atoms with E-state index in [1.807, 2.05) is 18.2 Å². The summed E-state index contributed by atoms with van der Waals surface area (Å²) in [5.41, 5.74) is 6.77. The van der Waals surface area contributed by atoms with Crippen LogP contribution in [-0.2, 0) is 6.42 Å². The van der Waals surface area contributed by atoms with Crippen LogP contribution in [0.5, 0.6) is 11.5 Å². The molecule has 0 bridgehead atoms. The molecule has 0 fully saturated rings. The van der Waals surface area contributed by atoms with Crippen LogP contribution in [0.25, 0.3) is 0 Å². The molecule has 90 valence electrons. The van der Waals surface area contributed by atoms with Crippen molar-refractivity contribution in [3.63, 3.8) is 0 Å².